The Morgan fingerprint density at radius 1 is 1.06 bits per heavy atom. The Morgan fingerprint density at radius 2 is 1.74 bits per heavy atom. The van der Waals surface area contributed by atoms with Gasteiger partial charge in [-0.1, -0.05) is 41.4 Å². The number of aromatic nitrogens is 2. The standard InChI is InChI=1S/C23H24Cl2N4O4S/c1-16-22(25)23(34(31,32)18-6-4-3-5-7-18)26-29(16)21(15-30)28-12-10-27(11-13-28)17-8-9-19(24)20(14-17)33-2/h3-9,14-15,21H,10-13H2,1-2H3. The van der Waals surface area contributed by atoms with E-state index in [-0.39, 0.29) is 14.9 Å². The molecule has 8 nitrogen and oxygen atoms in total. The van der Waals surface area contributed by atoms with Crippen molar-refractivity contribution in [3.8, 4) is 5.75 Å². The molecule has 0 amide bonds. The van der Waals surface area contributed by atoms with Crippen molar-refractivity contribution in [2.45, 2.75) is 23.0 Å². The molecule has 180 valence electrons. The predicted octanol–water partition coefficient (Wildman–Crippen LogP) is 3.86. The Labute approximate surface area is 208 Å². The number of hydrogen-bond donors (Lipinski definition) is 0. The summed E-state index contributed by atoms with van der Waals surface area (Å²) in [5.41, 5.74) is 1.39. The highest BCUT2D eigenvalue weighted by Crippen LogP contribution is 2.33. The molecule has 34 heavy (non-hydrogen) atoms. The summed E-state index contributed by atoms with van der Waals surface area (Å²) in [5, 5.41) is 4.60. The van der Waals surface area contributed by atoms with Gasteiger partial charge in [0, 0.05) is 37.9 Å². The van der Waals surface area contributed by atoms with Crippen LogP contribution in [-0.4, -0.2) is 62.7 Å². The van der Waals surface area contributed by atoms with Crippen LogP contribution in [0.25, 0.3) is 0 Å². The zero-order valence-electron chi connectivity index (χ0n) is 18.7. The molecule has 0 aliphatic carbocycles. The van der Waals surface area contributed by atoms with Crippen LogP contribution < -0.4 is 9.64 Å². The van der Waals surface area contributed by atoms with Gasteiger partial charge in [-0.05, 0) is 31.2 Å². The number of rotatable bonds is 7. The lowest BCUT2D eigenvalue weighted by Gasteiger charge is -2.38. The molecule has 2 aromatic carbocycles. The van der Waals surface area contributed by atoms with Crippen LogP contribution in [-0.2, 0) is 14.6 Å². The number of ether oxygens (including phenoxy) is 1. The first-order valence-corrected chi connectivity index (χ1v) is 12.8. The van der Waals surface area contributed by atoms with Crippen molar-refractivity contribution < 1.29 is 17.9 Å². The molecular weight excluding hydrogens is 499 g/mol. The number of nitrogens with zero attached hydrogens (tertiary/aromatic N) is 4. The van der Waals surface area contributed by atoms with Crippen molar-refractivity contribution >= 4 is 45.0 Å². The molecule has 1 saturated heterocycles. The van der Waals surface area contributed by atoms with Crippen LogP contribution in [0.3, 0.4) is 0 Å². The predicted molar refractivity (Wildman–Crippen MR) is 131 cm³/mol. The van der Waals surface area contributed by atoms with Crippen molar-refractivity contribution in [1.29, 1.82) is 0 Å². The highest BCUT2D eigenvalue weighted by atomic mass is 35.5. The third-order valence-corrected chi connectivity index (χ3v) is 8.48. The van der Waals surface area contributed by atoms with Gasteiger partial charge in [0.15, 0.2) is 12.5 Å². The minimum absolute atomic E-state index is 0.0163. The Kier molecular flexibility index (Phi) is 7.18. The molecule has 1 aliphatic heterocycles. The van der Waals surface area contributed by atoms with E-state index in [2.05, 4.69) is 10.00 Å². The highest BCUT2D eigenvalue weighted by Gasteiger charge is 2.32. The van der Waals surface area contributed by atoms with Crippen molar-refractivity contribution in [2.24, 2.45) is 0 Å². The number of halogens is 2. The maximum absolute atomic E-state index is 13.1. The summed E-state index contributed by atoms with van der Waals surface area (Å²) in [5.74, 6) is 0.598. The molecule has 2 heterocycles. The molecule has 1 atom stereocenters. The lowest BCUT2D eigenvalue weighted by molar-refractivity contribution is -0.116. The first-order valence-electron chi connectivity index (χ1n) is 10.6. The molecule has 3 aromatic rings. The number of anilines is 1. The van der Waals surface area contributed by atoms with E-state index in [9.17, 15) is 13.2 Å². The monoisotopic (exact) mass is 522 g/mol. The van der Waals surface area contributed by atoms with E-state index < -0.39 is 16.0 Å². The van der Waals surface area contributed by atoms with Crippen LogP contribution in [0.15, 0.2) is 58.5 Å². The van der Waals surface area contributed by atoms with Crippen LogP contribution in [0, 0.1) is 6.92 Å². The van der Waals surface area contributed by atoms with E-state index in [1.54, 1.807) is 38.3 Å². The van der Waals surface area contributed by atoms with Gasteiger partial charge < -0.3 is 9.64 Å². The molecular formula is C23H24Cl2N4O4S. The van der Waals surface area contributed by atoms with E-state index in [4.69, 9.17) is 27.9 Å². The number of hydrogen-bond acceptors (Lipinski definition) is 7. The van der Waals surface area contributed by atoms with Gasteiger partial charge in [0.05, 0.1) is 22.7 Å². The van der Waals surface area contributed by atoms with Crippen LogP contribution >= 0.6 is 23.2 Å². The molecule has 1 unspecified atom stereocenters. The van der Waals surface area contributed by atoms with Gasteiger partial charge in [0.2, 0.25) is 14.9 Å². The average molecular weight is 523 g/mol. The zero-order valence-corrected chi connectivity index (χ0v) is 21.0. The van der Waals surface area contributed by atoms with E-state index in [1.165, 1.54) is 16.8 Å². The second kappa shape index (κ2) is 9.95. The van der Waals surface area contributed by atoms with E-state index in [1.807, 2.05) is 17.0 Å². The summed E-state index contributed by atoms with van der Waals surface area (Å²) in [4.78, 5) is 16.3. The first kappa shape index (κ1) is 24.5. The highest BCUT2D eigenvalue weighted by molar-refractivity contribution is 7.91. The first-order chi connectivity index (χ1) is 16.3. The summed E-state index contributed by atoms with van der Waals surface area (Å²) < 4.78 is 32.9. The average Bonchev–Trinajstić information content (AvgIpc) is 3.16. The van der Waals surface area contributed by atoms with Crippen molar-refractivity contribution in [3.63, 3.8) is 0 Å². The minimum Gasteiger partial charge on any atom is -0.495 e. The number of piperazine rings is 1. The maximum Gasteiger partial charge on any atom is 0.227 e. The Balaban J connectivity index is 1.56. The molecule has 1 fully saturated rings. The van der Waals surface area contributed by atoms with E-state index in [0.29, 0.717) is 42.6 Å². The van der Waals surface area contributed by atoms with Gasteiger partial charge in [-0.25, -0.2) is 13.1 Å². The lowest BCUT2D eigenvalue weighted by atomic mass is 10.2. The van der Waals surface area contributed by atoms with Crippen LogP contribution in [0.1, 0.15) is 11.9 Å². The van der Waals surface area contributed by atoms with Crippen molar-refractivity contribution in [3.05, 3.63) is 64.3 Å². The largest absolute Gasteiger partial charge is 0.495 e. The summed E-state index contributed by atoms with van der Waals surface area (Å²) in [6.45, 7) is 4.08. The van der Waals surface area contributed by atoms with Gasteiger partial charge in [-0.2, -0.15) is 5.10 Å². The number of carbonyl (C=O) groups is 1. The quantitative estimate of drug-likeness (QED) is 0.435. The molecule has 1 aromatic heterocycles. The number of carbonyl (C=O) groups excluding carboxylic acids is 1. The Hall–Kier alpha value is -2.59. The third-order valence-electron chi connectivity index (χ3n) is 5.92. The fraction of sp³-hybridized carbons (Fsp3) is 0.304. The number of methoxy groups -OCH3 is 1. The maximum atomic E-state index is 13.1. The third kappa shape index (κ3) is 4.53. The second-order valence-corrected chi connectivity index (χ2v) is 10.5. The van der Waals surface area contributed by atoms with Crippen LogP contribution in [0.4, 0.5) is 5.69 Å². The summed E-state index contributed by atoms with van der Waals surface area (Å²) in [6.07, 6.45) is -0.0184. The molecule has 0 saturated carbocycles. The summed E-state index contributed by atoms with van der Waals surface area (Å²) in [6, 6.07) is 13.6. The lowest BCUT2D eigenvalue weighted by Crippen LogP contribution is -2.49. The number of benzene rings is 2. The Bertz CT molecular complexity index is 1290. The molecule has 0 spiro atoms. The Morgan fingerprint density at radius 3 is 2.35 bits per heavy atom. The van der Waals surface area contributed by atoms with Gasteiger partial charge in [0.25, 0.3) is 0 Å². The van der Waals surface area contributed by atoms with E-state index in [0.717, 1.165) is 12.0 Å². The topological polar surface area (TPSA) is 84.7 Å². The molecule has 1 aliphatic rings. The van der Waals surface area contributed by atoms with Gasteiger partial charge in [-0.15, -0.1) is 0 Å². The second-order valence-electron chi connectivity index (χ2n) is 7.86. The molecule has 0 radical (unpaired) electrons. The fourth-order valence-electron chi connectivity index (χ4n) is 4.00. The van der Waals surface area contributed by atoms with Gasteiger partial charge in [-0.3, -0.25) is 9.69 Å². The fourth-order valence-corrected chi connectivity index (χ4v) is 5.94. The molecule has 11 heteroatoms. The van der Waals surface area contributed by atoms with Crippen molar-refractivity contribution in [2.75, 3.05) is 38.2 Å². The van der Waals surface area contributed by atoms with Crippen LogP contribution in [0.5, 0.6) is 5.75 Å². The summed E-state index contributed by atoms with van der Waals surface area (Å²) >= 11 is 12.5. The van der Waals surface area contributed by atoms with E-state index >= 15 is 0 Å². The normalized spacial score (nSPS) is 15.8. The number of aldehydes is 1. The van der Waals surface area contributed by atoms with Gasteiger partial charge in [0.1, 0.15) is 10.8 Å². The van der Waals surface area contributed by atoms with Crippen LogP contribution in [0.2, 0.25) is 10.0 Å². The molecule has 0 bridgehead atoms. The van der Waals surface area contributed by atoms with Crippen molar-refractivity contribution in [1.82, 2.24) is 14.7 Å². The molecule has 0 N–H and O–H groups in total. The summed E-state index contributed by atoms with van der Waals surface area (Å²) in [7, 11) is -2.36. The smallest absolute Gasteiger partial charge is 0.227 e. The zero-order chi connectivity index (χ0) is 24.5. The molecule has 4 rings (SSSR count). The van der Waals surface area contributed by atoms with Gasteiger partial charge >= 0.3 is 0 Å². The number of sulfone groups is 1. The minimum atomic E-state index is -3.93. The SMILES string of the molecule is COc1cc(N2CCN(C(C=O)n3nc(S(=O)(=O)c4ccccc4)c(Cl)c3C)CC2)ccc1Cl.